The summed E-state index contributed by atoms with van der Waals surface area (Å²) in [5.41, 5.74) is 0. The third kappa shape index (κ3) is 22.4. The molecule has 0 aromatic heterocycles. The first-order valence-corrected chi connectivity index (χ1v) is 28.3. The van der Waals surface area contributed by atoms with Crippen LogP contribution in [-0.4, -0.2) is 39.2 Å². The third-order valence-corrected chi connectivity index (χ3v) is 22.5. The zero-order chi connectivity index (χ0) is 47.0. The van der Waals surface area contributed by atoms with Gasteiger partial charge in [-0.3, -0.25) is 0 Å². The molecule has 68 heavy (non-hydrogen) atoms. The maximum Gasteiger partial charge on any atom is 0.673 e. The molecule has 8 aromatic rings. The van der Waals surface area contributed by atoms with Gasteiger partial charge in [0, 0.05) is 39.0 Å². The molecule has 0 saturated carbocycles. The van der Waals surface area contributed by atoms with E-state index in [1.165, 1.54) is 67.1 Å². The summed E-state index contributed by atoms with van der Waals surface area (Å²) in [5, 5.41) is 12.1. The predicted octanol–water partition coefficient (Wildman–Crippen LogP) is 12.0. The van der Waals surface area contributed by atoms with E-state index < -0.39 is 46.2 Å². The Morgan fingerprint density at radius 1 is 0.206 bits per heavy atom. The van der Waals surface area contributed by atoms with Crippen LogP contribution in [0.1, 0.15) is 0 Å². The minimum atomic E-state index is -6.00. The fourth-order valence-corrected chi connectivity index (χ4v) is 19.8. The Kier molecular flexibility index (Phi) is 27.2. The second kappa shape index (κ2) is 31.5. The molecule has 0 amide bonds. The van der Waals surface area contributed by atoms with Gasteiger partial charge in [-0.15, -0.1) is 0 Å². The fourth-order valence-electron chi connectivity index (χ4n) is 7.44. The van der Waals surface area contributed by atoms with Crippen molar-refractivity contribution in [3.05, 3.63) is 243 Å². The van der Waals surface area contributed by atoms with Gasteiger partial charge in [0.05, 0.1) is 74.1 Å². The third-order valence-electron chi connectivity index (χ3n) is 10.2. The summed E-state index contributed by atoms with van der Waals surface area (Å²) in [6.45, 7) is 0. The largest absolute Gasteiger partial charge is 0.673 e. The molecule has 0 aliphatic heterocycles. The molecule has 8 aromatic carbocycles. The van der Waals surface area contributed by atoms with E-state index in [0.717, 1.165) is 0 Å². The Balaban J connectivity index is 0.000000293. The molecule has 0 bridgehead atoms. The topological polar surface area (TPSA) is 0 Å². The van der Waals surface area contributed by atoms with Crippen molar-refractivity contribution in [1.82, 2.24) is 0 Å². The van der Waals surface area contributed by atoms with E-state index in [1.807, 2.05) is 0 Å². The summed E-state index contributed by atoms with van der Waals surface area (Å²) < 4.78 is 78.0. The zero-order valence-electron chi connectivity index (χ0n) is 36.8. The number of benzene rings is 8. The minimum Gasteiger partial charge on any atom is -0.418 e. The minimum absolute atomic E-state index is 0. The molecule has 0 spiro atoms. The Morgan fingerprint density at radius 2 is 0.294 bits per heavy atom. The van der Waals surface area contributed by atoms with Crippen molar-refractivity contribution in [2.24, 2.45) is 0 Å². The van der Waals surface area contributed by atoms with E-state index >= 15 is 0 Å². The summed E-state index contributed by atoms with van der Waals surface area (Å²) in [5.74, 6) is 0. The standard InChI is InChI=1S/2C26H24P2.2BF4.2Rh/c2*1-5-13-23(14-6-1)27(24-15-7-2-8-16-24)21-22-28(25-17-9-3-10-18-25)26-19-11-4-12-20-26;2*2-1(3,4)5;;/h2*1-20H,21-22H2;;;;/q;;2*-1;;/p+4. The van der Waals surface area contributed by atoms with Crippen LogP contribution in [0, 0.1) is 0 Å². The first-order valence-electron chi connectivity index (χ1n) is 21.4. The van der Waals surface area contributed by atoms with Crippen LogP contribution in [0.2, 0.25) is 0 Å². The molecule has 0 fully saturated rings. The molecule has 2 radical (unpaired) electrons. The van der Waals surface area contributed by atoms with Gasteiger partial charge in [0.2, 0.25) is 0 Å². The van der Waals surface area contributed by atoms with Crippen molar-refractivity contribution < 1.29 is 73.5 Å². The van der Waals surface area contributed by atoms with E-state index in [2.05, 4.69) is 243 Å². The molecule has 16 heteroatoms. The van der Waals surface area contributed by atoms with Gasteiger partial charge in [0.1, 0.15) is 24.6 Å². The molecule has 8 rings (SSSR count). The SMILES string of the molecule is F[B-](F)(F)F.F[B-](F)(F)F.[Rh].[Rh].c1ccc([PH+](CC[PH+](c2ccccc2)c2ccccc2)c2ccccc2)cc1.c1ccc([PH+](CC[PH+](c2ccccc2)c2ccccc2)c2ccccc2)cc1. The number of rotatable bonds is 14. The molecule has 0 atom stereocenters. The average Bonchev–Trinajstić information content (AvgIpc) is 3.33. The molecular weight excluding hydrogens is 1130 g/mol. The quantitative estimate of drug-likeness (QED) is 0.0578. The number of halogens is 8. The normalized spacial score (nSPS) is 10.9. The molecule has 0 N–H and O–H groups in total. The average molecular weight is 1180 g/mol. The van der Waals surface area contributed by atoms with Gasteiger partial charge in [-0.1, -0.05) is 146 Å². The van der Waals surface area contributed by atoms with Crippen molar-refractivity contribution in [3.63, 3.8) is 0 Å². The molecule has 0 saturated heterocycles. The van der Waals surface area contributed by atoms with Gasteiger partial charge < -0.3 is 34.5 Å². The van der Waals surface area contributed by atoms with Crippen LogP contribution in [0.3, 0.4) is 0 Å². The van der Waals surface area contributed by atoms with E-state index in [9.17, 15) is 34.5 Å². The van der Waals surface area contributed by atoms with Gasteiger partial charge in [-0.05, 0) is 97.1 Å². The van der Waals surface area contributed by atoms with Gasteiger partial charge in [-0.2, -0.15) is 0 Å². The van der Waals surface area contributed by atoms with Gasteiger partial charge in [-0.25, -0.2) is 0 Å². The van der Waals surface area contributed by atoms with E-state index in [4.69, 9.17) is 0 Å². The van der Waals surface area contributed by atoms with Crippen LogP contribution in [0.25, 0.3) is 0 Å². The molecule has 358 valence electrons. The number of hydrogen-bond acceptors (Lipinski definition) is 0. The van der Waals surface area contributed by atoms with Crippen molar-refractivity contribution in [3.8, 4) is 0 Å². The maximum atomic E-state index is 9.75. The summed E-state index contributed by atoms with van der Waals surface area (Å²) in [7, 11) is -15.1. The predicted molar refractivity (Wildman–Crippen MR) is 282 cm³/mol. The first kappa shape index (κ1) is 58.6. The molecule has 0 unspecified atom stereocenters. The summed E-state index contributed by atoms with van der Waals surface area (Å²) in [4.78, 5) is 0. The van der Waals surface area contributed by atoms with Crippen molar-refractivity contribution in [2.75, 3.05) is 24.6 Å². The van der Waals surface area contributed by atoms with Gasteiger partial charge in [0.25, 0.3) is 0 Å². The zero-order valence-corrected chi connectivity index (χ0v) is 44.0. The second-order valence-electron chi connectivity index (χ2n) is 14.8. The monoisotopic (exact) mass is 1180 g/mol. The Labute approximate surface area is 426 Å². The van der Waals surface area contributed by atoms with Crippen LogP contribution in [0.4, 0.5) is 34.5 Å². The Morgan fingerprint density at radius 3 is 0.382 bits per heavy atom. The van der Waals surface area contributed by atoms with Crippen molar-refractivity contribution >= 4 is 88.6 Å². The molecule has 0 aliphatic rings. The Hall–Kier alpha value is -3.70. The first-order chi connectivity index (χ1) is 31.8. The molecular formula is C52H52B2F8P4Rh2+2. The van der Waals surface area contributed by atoms with Crippen molar-refractivity contribution in [1.29, 1.82) is 0 Å². The molecule has 0 heterocycles. The molecule has 0 aliphatic carbocycles. The summed E-state index contributed by atoms with van der Waals surface area (Å²) in [6.07, 6.45) is 5.04. The van der Waals surface area contributed by atoms with Crippen LogP contribution >= 0.6 is 31.7 Å². The van der Waals surface area contributed by atoms with E-state index in [1.54, 1.807) is 0 Å². The summed E-state index contributed by atoms with van der Waals surface area (Å²) >= 11 is 0. The van der Waals surface area contributed by atoms with Crippen LogP contribution in [0.15, 0.2) is 243 Å². The Bertz CT molecular complexity index is 1980. The fraction of sp³-hybridized carbons (Fsp3) is 0.0769. The van der Waals surface area contributed by atoms with Crippen LogP contribution in [0.5, 0.6) is 0 Å². The van der Waals surface area contributed by atoms with E-state index in [-0.39, 0.29) is 39.0 Å². The van der Waals surface area contributed by atoms with Crippen LogP contribution < -0.4 is 42.4 Å². The molecule has 0 nitrogen and oxygen atoms in total. The smallest absolute Gasteiger partial charge is 0.418 e. The number of hydrogen-bond donors (Lipinski definition) is 0. The summed E-state index contributed by atoms with van der Waals surface area (Å²) in [6, 6.07) is 89.0. The van der Waals surface area contributed by atoms with Crippen LogP contribution in [-0.2, 0) is 39.0 Å². The van der Waals surface area contributed by atoms with Crippen molar-refractivity contribution in [2.45, 2.75) is 0 Å². The second-order valence-corrected chi connectivity index (χ2v) is 25.3. The van der Waals surface area contributed by atoms with Gasteiger partial charge in [0.15, 0.2) is 0 Å². The van der Waals surface area contributed by atoms with E-state index in [0.29, 0.717) is 0 Å². The maximum absolute atomic E-state index is 9.75. The van der Waals surface area contributed by atoms with Gasteiger partial charge >= 0.3 is 14.5 Å².